The minimum absolute atomic E-state index is 0.00408. The van der Waals surface area contributed by atoms with Crippen LogP contribution in [0.1, 0.15) is 38.8 Å². The van der Waals surface area contributed by atoms with Crippen LogP contribution in [-0.4, -0.2) is 34.6 Å². The Labute approximate surface area is 179 Å². The number of benzene rings is 1. The lowest BCUT2D eigenvalue weighted by atomic mass is 9.93. The van der Waals surface area contributed by atoms with E-state index >= 15 is 0 Å². The van der Waals surface area contributed by atoms with Crippen LogP contribution in [0.3, 0.4) is 0 Å². The van der Waals surface area contributed by atoms with E-state index in [9.17, 15) is 14.0 Å². The molecular formula is C22H24FN3O3S. The molecule has 2 aliphatic rings. The summed E-state index contributed by atoms with van der Waals surface area (Å²) < 4.78 is 20.1. The second kappa shape index (κ2) is 9.30. The van der Waals surface area contributed by atoms with E-state index in [4.69, 9.17) is 4.74 Å². The number of hydrogen-bond donors (Lipinski definition) is 1. The molecule has 0 aromatic heterocycles. The monoisotopic (exact) mass is 429 g/mol. The Morgan fingerprint density at radius 2 is 2.13 bits per heavy atom. The lowest BCUT2D eigenvalue weighted by molar-refractivity contribution is -0.138. The van der Waals surface area contributed by atoms with E-state index < -0.39 is 17.8 Å². The zero-order valence-electron chi connectivity index (χ0n) is 17.1. The average Bonchev–Trinajstić information content (AvgIpc) is 3.07. The molecule has 3 rings (SSSR count). The van der Waals surface area contributed by atoms with Gasteiger partial charge in [0.2, 0.25) is 5.91 Å². The van der Waals surface area contributed by atoms with Crippen molar-refractivity contribution >= 4 is 28.8 Å². The number of nitrogens with zero attached hydrogens (tertiary/aromatic N) is 2. The largest absolute Gasteiger partial charge is 0.458 e. The number of amides is 1. The molecule has 0 radical (unpaired) electrons. The van der Waals surface area contributed by atoms with Gasteiger partial charge in [0.1, 0.15) is 12.4 Å². The van der Waals surface area contributed by atoms with Crippen LogP contribution in [0.15, 0.2) is 64.3 Å². The number of allylic oxidation sites excluding steroid dienone is 1. The molecule has 30 heavy (non-hydrogen) atoms. The van der Waals surface area contributed by atoms with Gasteiger partial charge in [-0.25, -0.2) is 14.2 Å². The van der Waals surface area contributed by atoms with E-state index in [2.05, 4.69) is 16.9 Å². The van der Waals surface area contributed by atoms with Crippen LogP contribution in [0.2, 0.25) is 0 Å². The zero-order chi connectivity index (χ0) is 21.8. The summed E-state index contributed by atoms with van der Waals surface area (Å²) in [5, 5.41) is 5.27. The van der Waals surface area contributed by atoms with Crippen molar-refractivity contribution in [3.63, 3.8) is 0 Å². The fraction of sp³-hybridized carbons (Fsp3) is 0.318. The summed E-state index contributed by atoms with van der Waals surface area (Å²) in [7, 11) is 0. The number of amidine groups is 1. The van der Waals surface area contributed by atoms with Crippen molar-refractivity contribution in [1.82, 2.24) is 10.2 Å². The van der Waals surface area contributed by atoms with Crippen molar-refractivity contribution in [2.45, 2.75) is 39.3 Å². The summed E-state index contributed by atoms with van der Waals surface area (Å²) in [5.74, 6) is -1.20. The van der Waals surface area contributed by atoms with E-state index in [-0.39, 0.29) is 30.5 Å². The Morgan fingerprint density at radius 1 is 1.40 bits per heavy atom. The number of nitrogens with one attached hydrogen (secondary N) is 1. The molecular weight excluding hydrogens is 405 g/mol. The second-order valence-corrected chi connectivity index (χ2v) is 8.04. The van der Waals surface area contributed by atoms with Gasteiger partial charge >= 0.3 is 5.97 Å². The maximum Gasteiger partial charge on any atom is 0.338 e. The van der Waals surface area contributed by atoms with E-state index in [0.717, 1.165) is 0 Å². The summed E-state index contributed by atoms with van der Waals surface area (Å²) in [6, 6.07) is 5.49. The third-order valence-corrected chi connectivity index (χ3v) is 5.43. The maximum atomic E-state index is 14.8. The molecule has 1 amide bonds. The molecule has 6 nitrogen and oxygen atoms in total. The Morgan fingerprint density at radius 3 is 2.80 bits per heavy atom. The number of carbonyl (C=O) groups is 2. The molecule has 1 atom stereocenters. The second-order valence-electron chi connectivity index (χ2n) is 7.20. The summed E-state index contributed by atoms with van der Waals surface area (Å²) >= 11 is 1.34. The van der Waals surface area contributed by atoms with Crippen LogP contribution in [0.4, 0.5) is 4.39 Å². The third-order valence-electron chi connectivity index (χ3n) is 4.54. The molecule has 0 aliphatic carbocycles. The topological polar surface area (TPSA) is 71.0 Å². The predicted molar refractivity (Wildman–Crippen MR) is 116 cm³/mol. The number of fused-ring (bicyclic) bond motifs is 1. The summed E-state index contributed by atoms with van der Waals surface area (Å²) in [6.07, 6.45) is 1.56. The normalized spacial score (nSPS) is 18.0. The first kappa shape index (κ1) is 21.8. The summed E-state index contributed by atoms with van der Waals surface area (Å²) in [4.78, 5) is 31.6. The third kappa shape index (κ3) is 4.48. The van der Waals surface area contributed by atoms with E-state index in [0.29, 0.717) is 22.1 Å². The molecule has 1 unspecified atom stereocenters. The Hall–Kier alpha value is -2.87. The highest BCUT2D eigenvalue weighted by atomic mass is 32.2. The van der Waals surface area contributed by atoms with E-state index in [1.807, 2.05) is 19.3 Å². The van der Waals surface area contributed by atoms with Gasteiger partial charge in [-0.05, 0) is 32.2 Å². The van der Waals surface area contributed by atoms with Crippen molar-refractivity contribution < 1.29 is 18.7 Å². The number of rotatable bonds is 7. The fourth-order valence-electron chi connectivity index (χ4n) is 3.37. The Kier molecular flexibility index (Phi) is 6.77. The summed E-state index contributed by atoms with van der Waals surface area (Å²) in [6.45, 7) is 9.06. The van der Waals surface area contributed by atoms with Crippen LogP contribution in [0.5, 0.6) is 0 Å². The number of halogens is 1. The fourth-order valence-corrected chi connectivity index (χ4v) is 4.34. The van der Waals surface area contributed by atoms with Crippen molar-refractivity contribution in [3.05, 3.63) is 70.7 Å². The standard InChI is InChI=1S/C22H24FN3O3S/c1-5-10-29-21(28)19-14(4)25-22-26(20(19)16-8-6-7-9-17(16)23)15(12-30-22)11-18(27)24-13(2)3/h5-9,12-13,20H,1,10-11H2,2-4H3,(H,24,27). The molecule has 0 spiro atoms. The number of carbonyl (C=O) groups excluding carboxylic acids is 2. The molecule has 2 aliphatic heterocycles. The van der Waals surface area contributed by atoms with Crippen LogP contribution in [-0.2, 0) is 14.3 Å². The SMILES string of the molecule is C=CCOC(=O)C1=C(C)N=C2SC=C(CC(=O)NC(C)C)N2C1c1ccccc1F. The highest BCUT2D eigenvalue weighted by Gasteiger charge is 2.42. The first-order valence-electron chi connectivity index (χ1n) is 9.59. The van der Waals surface area contributed by atoms with Crippen LogP contribution >= 0.6 is 11.8 Å². The number of esters is 1. The molecule has 158 valence electrons. The molecule has 8 heteroatoms. The lowest BCUT2D eigenvalue weighted by Crippen LogP contribution is -2.39. The number of aliphatic imine (C=N–C) groups is 1. The van der Waals surface area contributed by atoms with Gasteiger partial charge in [0.15, 0.2) is 5.17 Å². The summed E-state index contributed by atoms with van der Waals surface area (Å²) in [5.41, 5.74) is 1.65. The lowest BCUT2D eigenvalue weighted by Gasteiger charge is -2.36. The molecule has 1 aromatic rings. The Balaban J connectivity index is 2.04. The smallest absolute Gasteiger partial charge is 0.338 e. The quantitative estimate of drug-likeness (QED) is 0.523. The van der Waals surface area contributed by atoms with E-state index in [1.54, 1.807) is 30.0 Å². The van der Waals surface area contributed by atoms with Gasteiger partial charge < -0.3 is 15.0 Å². The first-order chi connectivity index (χ1) is 14.3. The maximum absolute atomic E-state index is 14.8. The van der Waals surface area contributed by atoms with E-state index in [1.165, 1.54) is 23.9 Å². The van der Waals surface area contributed by atoms with Gasteiger partial charge in [-0.3, -0.25) is 4.79 Å². The van der Waals surface area contributed by atoms with Crippen LogP contribution < -0.4 is 5.32 Å². The number of thioether (sulfide) groups is 1. The van der Waals surface area contributed by atoms with Gasteiger partial charge in [0.25, 0.3) is 0 Å². The van der Waals surface area contributed by atoms with Gasteiger partial charge in [-0.2, -0.15) is 0 Å². The van der Waals surface area contributed by atoms with Gasteiger partial charge in [0, 0.05) is 17.3 Å². The van der Waals surface area contributed by atoms with Crippen molar-refractivity contribution in [1.29, 1.82) is 0 Å². The number of hydrogen-bond acceptors (Lipinski definition) is 6. The minimum atomic E-state index is -0.788. The highest BCUT2D eigenvalue weighted by Crippen LogP contribution is 2.45. The number of ether oxygens (including phenoxy) is 1. The highest BCUT2D eigenvalue weighted by molar-refractivity contribution is 8.16. The van der Waals surface area contributed by atoms with Crippen molar-refractivity contribution in [2.75, 3.05) is 6.61 Å². The predicted octanol–water partition coefficient (Wildman–Crippen LogP) is 4.04. The van der Waals surface area contributed by atoms with Crippen LogP contribution in [0, 0.1) is 5.82 Å². The molecule has 0 saturated carbocycles. The molecule has 0 fully saturated rings. The van der Waals surface area contributed by atoms with Gasteiger partial charge in [-0.1, -0.05) is 42.6 Å². The van der Waals surface area contributed by atoms with Crippen molar-refractivity contribution in [2.24, 2.45) is 4.99 Å². The van der Waals surface area contributed by atoms with Gasteiger partial charge in [-0.15, -0.1) is 0 Å². The molecule has 1 aromatic carbocycles. The molecule has 0 bridgehead atoms. The molecule has 1 N–H and O–H groups in total. The minimum Gasteiger partial charge on any atom is -0.458 e. The average molecular weight is 430 g/mol. The Bertz CT molecular complexity index is 968. The molecule has 2 heterocycles. The first-order valence-corrected chi connectivity index (χ1v) is 10.5. The zero-order valence-corrected chi connectivity index (χ0v) is 18.0. The molecule has 0 saturated heterocycles. The van der Waals surface area contributed by atoms with Crippen molar-refractivity contribution in [3.8, 4) is 0 Å². The van der Waals surface area contributed by atoms with Gasteiger partial charge in [0.05, 0.1) is 23.7 Å². The van der Waals surface area contributed by atoms with Crippen LogP contribution in [0.25, 0.3) is 0 Å².